The van der Waals surface area contributed by atoms with Crippen molar-refractivity contribution in [3.8, 4) is 12.3 Å². The van der Waals surface area contributed by atoms with Gasteiger partial charge in [-0.3, -0.25) is 0 Å². The van der Waals surface area contributed by atoms with Crippen molar-refractivity contribution in [2.45, 2.75) is 18.9 Å². The molecule has 0 amide bonds. The molecule has 1 N–H and O–H groups in total. The summed E-state index contributed by atoms with van der Waals surface area (Å²) in [7, 11) is 0. The second kappa shape index (κ2) is 6.34. The van der Waals surface area contributed by atoms with Crippen LogP contribution in [0.15, 0.2) is 17.5 Å². The van der Waals surface area contributed by atoms with Gasteiger partial charge in [-0.1, -0.05) is 12.0 Å². The first-order chi connectivity index (χ1) is 7.92. The summed E-state index contributed by atoms with van der Waals surface area (Å²) in [5.41, 5.74) is 0. The number of hydrogen-bond acceptors (Lipinski definition) is 3. The Kier molecular flexibility index (Phi) is 4.77. The van der Waals surface area contributed by atoms with E-state index in [9.17, 15) is 0 Å². The van der Waals surface area contributed by atoms with Crippen molar-refractivity contribution in [3.63, 3.8) is 0 Å². The van der Waals surface area contributed by atoms with E-state index in [2.05, 4.69) is 28.8 Å². The third-order valence-electron chi connectivity index (χ3n) is 2.74. The number of thiophene rings is 1. The molecule has 16 heavy (non-hydrogen) atoms. The van der Waals surface area contributed by atoms with Crippen LogP contribution < -0.4 is 5.32 Å². The fourth-order valence-corrected chi connectivity index (χ4v) is 3.23. The maximum atomic E-state index is 5.22. The zero-order valence-electron chi connectivity index (χ0n) is 9.32. The highest BCUT2D eigenvalue weighted by Crippen LogP contribution is 2.42. The van der Waals surface area contributed by atoms with Gasteiger partial charge in [0.2, 0.25) is 0 Å². The molecule has 1 unspecified atom stereocenters. The van der Waals surface area contributed by atoms with Crippen molar-refractivity contribution in [2.75, 3.05) is 18.1 Å². The summed E-state index contributed by atoms with van der Waals surface area (Å²) < 4.78 is 0. The summed E-state index contributed by atoms with van der Waals surface area (Å²) in [5.74, 6) is 5.47. The predicted octanol–water partition coefficient (Wildman–Crippen LogP) is 3.16. The van der Waals surface area contributed by atoms with Crippen molar-refractivity contribution in [2.24, 2.45) is 5.92 Å². The lowest BCUT2D eigenvalue weighted by molar-refractivity contribution is 0.506. The number of terminal acetylenes is 1. The van der Waals surface area contributed by atoms with Crippen LogP contribution in [-0.4, -0.2) is 18.1 Å². The summed E-state index contributed by atoms with van der Waals surface area (Å²) in [6.07, 6.45) is 7.98. The van der Waals surface area contributed by atoms with Crippen LogP contribution >= 0.6 is 23.1 Å². The SMILES string of the molecule is C#CCSCCNC(c1cccs1)C1CC1. The fraction of sp³-hybridized carbons (Fsp3) is 0.538. The Morgan fingerprint density at radius 1 is 1.62 bits per heavy atom. The van der Waals surface area contributed by atoms with Gasteiger partial charge in [-0.05, 0) is 30.2 Å². The maximum absolute atomic E-state index is 5.22. The highest BCUT2D eigenvalue weighted by molar-refractivity contribution is 7.99. The van der Waals surface area contributed by atoms with Gasteiger partial charge in [-0.15, -0.1) is 29.5 Å². The first-order valence-corrected chi connectivity index (χ1v) is 7.73. The maximum Gasteiger partial charge on any atom is 0.0545 e. The average molecular weight is 251 g/mol. The number of rotatable bonds is 7. The van der Waals surface area contributed by atoms with Gasteiger partial charge in [0.05, 0.1) is 5.75 Å². The minimum atomic E-state index is 0.589. The molecule has 3 heteroatoms. The number of thioether (sulfide) groups is 1. The molecule has 2 rings (SSSR count). The fourth-order valence-electron chi connectivity index (χ4n) is 1.82. The molecule has 0 radical (unpaired) electrons. The Bertz CT molecular complexity index is 335. The van der Waals surface area contributed by atoms with E-state index in [4.69, 9.17) is 6.42 Å². The van der Waals surface area contributed by atoms with E-state index < -0.39 is 0 Å². The summed E-state index contributed by atoms with van der Waals surface area (Å²) in [5, 5.41) is 5.83. The molecule has 0 spiro atoms. The lowest BCUT2D eigenvalue weighted by Gasteiger charge is -2.16. The summed E-state index contributed by atoms with van der Waals surface area (Å²) in [6, 6.07) is 4.98. The Balaban J connectivity index is 1.74. The lowest BCUT2D eigenvalue weighted by atomic mass is 10.1. The monoisotopic (exact) mass is 251 g/mol. The normalized spacial score (nSPS) is 16.9. The molecule has 1 aliphatic carbocycles. The second-order valence-electron chi connectivity index (χ2n) is 4.04. The van der Waals surface area contributed by atoms with E-state index in [1.54, 1.807) is 0 Å². The molecule has 1 aromatic heterocycles. The third-order valence-corrected chi connectivity index (χ3v) is 4.56. The van der Waals surface area contributed by atoms with Crippen molar-refractivity contribution in [1.82, 2.24) is 5.32 Å². The van der Waals surface area contributed by atoms with Crippen LogP contribution in [0.5, 0.6) is 0 Å². The first-order valence-electron chi connectivity index (χ1n) is 5.70. The smallest absolute Gasteiger partial charge is 0.0545 e. The minimum Gasteiger partial charge on any atom is -0.308 e. The van der Waals surface area contributed by atoms with Crippen molar-refractivity contribution >= 4 is 23.1 Å². The Labute approximate surface area is 106 Å². The Morgan fingerprint density at radius 2 is 2.50 bits per heavy atom. The predicted molar refractivity (Wildman–Crippen MR) is 73.9 cm³/mol. The van der Waals surface area contributed by atoms with E-state index in [0.29, 0.717) is 6.04 Å². The van der Waals surface area contributed by atoms with Gasteiger partial charge in [-0.2, -0.15) is 0 Å². The van der Waals surface area contributed by atoms with Gasteiger partial charge in [0.15, 0.2) is 0 Å². The van der Waals surface area contributed by atoms with Crippen LogP contribution in [0.1, 0.15) is 23.8 Å². The van der Waals surface area contributed by atoms with Crippen LogP contribution in [0.3, 0.4) is 0 Å². The lowest BCUT2D eigenvalue weighted by Crippen LogP contribution is -2.24. The number of hydrogen-bond donors (Lipinski definition) is 1. The van der Waals surface area contributed by atoms with Gasteiger partial charge in [0.25, 0.3) is 0 Å². The third kappa shape index (κ3) is 3.55. The Hall–Kier alpha value is -0.430. The van der Waals surface area contributed by atoms with E-state index in [1.165, 1.54) is 17.7 Å². The van der Waals surface area contributed by atoms with Gasteiger partial charge in [0.1, 0.15) is 0 Å². The molecule has 1 aromatic rings. The zero-order valence-corrected chi connectivity index (χ0v) is 10.9. The summed E-state index contributed by atoms with van der Waals surface area (Å²) in [4.78, 5) is 1.49. The van der Waals surface area contributed by atoms with E-state index in [-0.39, 0.29) is 0 Å². The van der Waals surface area contributed by atoms with Crippen LogP contribution in [0.2, 0.25) is 0 Å². The standard InChI is InChI=1S/C13H17NS2/c1-2-8-15-10-7-14-13(11-5-6-11)12-4-3-9-16-12/h1,3-4,9,11,13-14H,5-8,10H2. The highest BCUT2D eigenvalue weighted by Gasteiger charge is 2.32. The molecular formula is C13H17NS2. The summed E-state index contributed by atoms with van der Waals surface area (Å²) in [6.45, 7) is 1.06. The van der Waals surface area contributed by atoms with Crippen LogP contribution in [0.4, 0.5) is 0 Å². The molecule has 1 atom stereocenters. The van der Waals surface area contributed by atoms with Crippen LogP contribution in [0.25, 0.3) is 0 Å². The molecule has 0 aliphatic heterocycles. The second-order valence-corrected chi connectivity index (χ2v) is 6.13. The van der Waals surface area contributed by atoms with E-state index >= 15 is 0 Å². The molecule has 0 bridgehead atoms. The van der Waals surface area contributed by atoms with E-state index in [0.717, 1.165) is 24.0 Å². The van der Waals surface area contributed by atoms with E-state index in [1.807, 2.05) is 23.1 Å². The summed E-state index contributed by atoms with van der Waals surface area (Å²) >= 11 is 3.70. The van der Waals surface area contributed by atoms with Crippen molar-refractivity contribution < 1.29 is 0 Å². The zero-order chi connectivity index (χ0) is 11.2. The van der Waals surface area contributed by atoms with Crippen LogP contribution in [-0.2, 0) is 0 Å². The minimum absolute atomic E-state index is 0.589. The molecule has 1 nitrogen and oxygen atoms in total. The topological polar surface area (TPSA) is 12.0 Å². The first kappa shape index (κ1) is 12.0. The highest BCUT2D eigenvalue weighted by atomic mass is 32.2. The molecule has 86 valence electrons. The molecule has 1 fully saturated rings. The molecule has 1 saturated carbocycles. The number of nitrogens with one attached hydrogen (secondary N) is 1. The van der Waals surface area contributed by atoms with Gasteiger partial charge < -0.3 is 5.32 Å². The molecule has 0 aromatic carbocycles. The molecule has 1 aliphatic rings. The van der Waals surface area contributed by atoms with Crippen molar-refractivity contribution in [1.29, 1.82) is 0 Å². The largest absolute Gasteiger partial charge is 0.308 e. The molecule has 1 heterocycles. The average Bonchev–Trinajstić information content (AvgIpc) is 2.98. The quantitative estimate of drug-likeness (QED) is 0.590. The van der Waals surface area contributed by atoms with Crippen molar-refractivity contribution in [3.05, 3.63) is 22.4 Å². The van der Waals surface area contributed by atoms with Gasteiger partial charge in [-0.25, -0.2) is 0 Å². The van der Waals surface area contributed by atoms with Crippen LogP contribution in [0, 0.1) is 18.3 Å². The van der Waals surface area contributed by atoms with Gasteiger partial charge in [0, 0.05) is 23.2 Å². The molecule has 0 saturated heterocycles. The molecular weight excluding hydrogens is 234 g/mol. The Morgan fingerprint density at radius 3 is 3.12 bits per heavy atom. The van der Waals surface area contributed by atoms with Gasteiger partial charge >= 0.3 is 0 Å².